The van der Waals surface area contributed by atoms with Crippen molar-refractivity contribution < 1.29 is 11.5 Å². The third-order valence-electron chi connectivity index (χ3n) is 1.88. The Morgan fingerprint density at radius 1 is 1.20 bits per heavy atom. The zero-order valence-electron chi connectivity index (χ0n) is 8.23. The summed E-state index contributed by atoms with van der Waals surface area (Å²) in [4.78, 5) is 0. The molecule has 15 heavy (non-hydrogen) atoms. The number of nitrogens with one attached hydrogen (secondary N) is 2. The van der Waals surface area contributed by atoms with E-state index in [9.17, 15) is 0 Å². The fourth-order valence-corrected chi connectivity index (χ4v) is 1.28. The van der Waals surface area contributed by atoms with Crippen LogP contribution < -0.4 is 16.4 Å². The molecule has 8 heteroatoms. The van der Waals surface area contributed by atoms with Crippen molar-refractivity contribution in [3.63, 3.8) is 0 Å². The summed E-state index contributed by atoms with van der Waals surface area (Å²) >= 11 is -2.81. The number of hydrogen-bond donors (Lipinski definition) is 3. The van der Waals surface area contributed by atoms with Crippen LogP contribution in [0.3, 0.4) is 0 Å². The van der Waals surface area contributed by atoms with Crippen molar-refractivity contribution >= 4 is 38.1 Å². The van der Waals surface area contributed by atoms with Crippen molar-refractivity contribution in [3.05, 3.63) is 0 Å². The Morgan fingerprint density at radius 3 is 2.20 bits per heavy atom. The van der Waals surface area contributed by atoms with E-state index in [0.29, 0.717) is 6.04 Å². The standard InChI is InChI=1S/C7H17N3.4ClH.Pd/c8-3-1-2-7-6-9-4-5-10-7;;;;;/h7,9-10H,1-6,8H2;4*1H;/q;;;;;+4/p-4. The minimum atomic E-state index is -2.81. The Labute approximate surface area is 110 Å². The average Bonchev–Trinajstić information content (AvgIpc) is 2.14. The Balaban J connectivity index is 0.000000336. The first kappa shape index (κ1) is 16.7. The van der Waals surface area contributed by atoms with E-state index >= 15 is 0 Å². The summed E-state index contributed by atoms with van der Waals surface area (Å²) in [6.45, 7) is 4.15. The van der Waals surface area contributed by atoms with Crippen LogP contribution in [-0.4, -0.2) is 32.2 Å². The molecule has 1 heterocycles. The van der Waals surface area contributed by atoms with Gasteiger partial charge in [0.05, 0.1) is 0 Å². The predicted molar refractivity (Wildman–Crippen MR) is 66.4 cm³/mol. The third-order valence-corrected chi connectivity index (χ3v) is 1.88. The second-order valence-corrected chi connectivity index (χ2v) is 17.2. The number of hydrogen-bond acceptors (Lipinski definition) is 3. The third kappa shape index (κ3) is 15.7. The fraction of sp³-hybridized carbons (Fsp3) is 1.00. The van der Waals surface area contributed by atoms with Gasteiger partial charge in [0.25, 0.3) is 0 Å². The van der Waals surface area contributed by atoms with Gasteiger partial charge < -0.3 is 16.4 Å². The molecule has 98 valence electrons. The number of nitrogens with two attached hydrogens (primary N) is 1. The maximum atomic E-state index is 5.40. The van der Waals surface area contributed by atoms with Gasteiger partial charge in [0.15, 0.2) is 0 Å². The van der Waals surface area contributed by atoms with Gasteiger partial charge in [-0.3, -0.25) is 0 Å². The van der Waals surface area contributed by atoms with Gasteiger partial charge in [-0.05, 0) is 19.4 Å². The molecule has 0 spiro atoms. The van der Waals surface area contributed by atoms with Crippen LogP contribution in [0, 0.1) is 0 Å². The zero-order chi connectivity index (χ0) is 11.7. The van der Waals surface area contributed by atoms with Crippen LogP contribution in [-0.2, 0) is 11.5 Å². The molecule has 1 atom stereocenters. The van der Waals surface area contributed by atoms with E-state index < -0.39 is 11.5 Å². The van der Waals surface area contributed by atoms with Gasteiger partial charge in [0, 0.05) is 25.7 Å². The van der Waals surface area contributed by atoms with Crippen molar-refractivity contribution in [2.45, 2.75) is 18.9 Å². The van der Waals surface area contributed by atoms with Gasteiger partial charge in [0.2, 0.25) is 0 Å². The monoisotopic (exact) mass is 389 g/mol. The molecule has 1 fully saturated rings. The second kappa shape index (κ2) is 9.70. The van der Waals surface area contributed by atoms with E-state index in [1.807, 2.05) is 0 Å². The average molecular weight is 391 g/mol. The Morgan fingerprint density at radius 2 is 1.80 bits per heavy atom. The summed E-state index contributed by atoms with van der Waals surface area (Å²) in [7, 11) is 19.9. The van der Waals surface area contributed by atoms with E-state index in [4.69, 9.17) is 43.8 Å². The Kier molecular flexibility index (Phi) is 10.8. The van der Waals surface area contributed by atoms with Gasteiger partial charge in [-0.2, -0.15) is 0 Å². The number of rotatable bonds is 3. The van der Waals surface area contributed by atoms with Gasteiger partial charge in [-0.25, -0.2) is 0 Å². The van der Waals surface area contributed by atoms with E-state index in [2.05, 4.69) is 10.6 Å². The summed E-state index contributed by atoms with van der Waals surface area (Å²) in [6.07, 6.45) is 2.35. The van der Waals surface area contributed by atoms with Gasteiger partial charge >= 0.3 is 49.6 Å². The van der Waals surface area contributed by atoms with E-state index in [1.54, 1.807) is 0 Å². The van der Waals surface area contributed by atoms with E-state index in [0.717, 1.165) is 32.6 Å². The summed E-state index contributed by atoms with van der Waals surface area (Å²) in [5.41, 5.74) is 5.40. The van der Waals surface area contributed by atoms with Crippen molar-refractivity contribution in [1.82, 2.24) is 10.6 Å². The molecule has 1 rings (SSSR count). The van der Waals surface area contributed by atoms with Crippen molar-refractivity contribution in [2.75, 3.05) is 26.2 Å². The van der Waals surface area contributed by atoms with E-state index in [1.165, 1.54) is 6.42 Å². The topological polar surface area (TPSA) is 50.1 Å². The molecule has 1 saturated heterocycles. The van der Waals surface area contributed by atoms with Crippen LogP contribution in [0.25, 0.3) is 0 Å². The van der Waals surface area contributed by atoms with Gasteiger partial charge in [0.1, 0.15) is 0 Å². The number of piperazine rings is 1. The molecule has 3 nitrogen and oxygen atoms in total. The molecule has 0 amide bonds. The van der Waals surface area contributed by atoms with E-state index in [-0.39, 0.29) is 0 Å². The molecule has 1 aliphatic heterocycles. The molecule has 0 bridgehead atoms. The molecule has 0 radical (unpaired) electrons. The van der Waals surface area contributed by atoms with Crippen molar-refractivity contribution in [3.8, 4) is 0 Å². The molecule has 1 unspecified atom stereocenters. The van der Waals surface area contributed by atoms with Crippen LogP contribution in [0.4, 0.5) is 0 Å². The first-order chi connectivity index (χ1) is 6.93. The summed E-state index contributed by atoms with van der Waals surface area (Å²) in [5.74, 6) is 0. The van der Waals surface area contributed by atoms with Gasteiger partial charge in [-0.15, -0.1) is 0 Å². The van der Waals surface area contributed by atoms with Crippen molar-refractivity contribution in [2.24, 2.45) is 5.73 Å². The first-order valence-electron chi connectivity index (χ1n) is 4.55. The molecule has 0 aromatic heterocycles. The summed E-state index contributed by atoms with van der Waals surface area (Å²) in [5, 5.41) is 6.78. The molecule has 0 aliphatic carbocycles. The summed E-state index contributed by atoms with van der Waals surface area (Å²) in [6, 6.07) is 0.664. The molecular formula is C7H17Cl4N3Pd. The van der Waals surface area contributed by atoms with Gasteiger partial charge in [-0.1, -0.05) is 0 Å². The fourth-order valence-electron chi connectivity index (χ4n) is 1.28. The number of halogens is 4. The molecule has 4 N–H and O–H groups in total. The van der Waals surface area contributed by atoms with Crippen LogP contribution in [0.15, 0.2) is 0 Å². The molecule has 1 aliphatic rings. The molecule has 0 aromatic carbocycles. The molecular weight excluding hydrogens is 374 g/mol. The zero-order valence-corrected chi connectivity index (χ0v) is 12.8. The molecule has 0 saturated carbocycles. The van der Waals surface area contributed by atoms with Crippen LogP contribution >= 0.6 is 38.1 Å². The summed E-state index contributed by atoms with van der Waals surface area (Å²) < 4.78 is 0. The Hall–Kier alpha value is 1.70. The van der Waals surface area contributed by atoms with Crippen molar-refractivity contribution in [1.29, 1.82) is 0 Å². The van der Waals surface area contributed by atoms with Crippen LogP contribution in [0.2, 0.25) is 0 Å². The quantitative estimate of drug-likeness (QED) is 0.646. The maximum absolute atomic E-state index is 5.40. The normalized spacial score (nSPS) is 22.9. The SMILES string of the molecule is NCCCC1CNCCN1.[Cl][Pd]([Cl])([Cl])[Cl]. The Bertz CT molecular complexity index is 144. The molecule has 0 aromatic rings. The second-order valence-electron chi connectivity index (χ2n) is 3.06. The first-order valence-corrected chi connectivity index (χ1v) is 12.6. The minimum absolute atomic E-state index is 0.664. The van der Waals surface area contributed by atoms with Crippen LogP contribution in [0.5, 0.6) is 0 Å². The van der Waals surface area contributed by atoms with Crippen LogP contribution in [0.1, 0.15) is 12.8 Å². The predicted octanol–water partition coefficient (Wildman–Crippen LogP) is 2.04.